The summed E-state index contributed by atoms with van der Waals surface area (Å²) in [7, 11) is 0. The molecule has 7 heteroatoms. The first-order valence-electron chi connectivity index (χ1n) is 6.30. The number of halogens is 1. The van der Waals surface area contributed by atoms with Gasteiger partial charge in [-0.25, -0.2) is 4.79 Å². The molecular formula is C13H12IN3O3. The lowest BCUT2D eigenvalue weighted by Crippen LogP contribution is -2.04. The van der Waals surface area contributed by atoms with Crippen molar-refractivity contribution in [3.05, 3.63) is 35.0 Å². The number of aryl methyl sites for hydroxylation is 2. The summed E-state index contributed by atoms with van der Waals surface area (Å²) in [6.45, 7) is 0. The number of aromatic nitrogens is 3. The molecule has 0 atom stereocenters. The molecule has 1 heterocycles. The zero-order valence-corrected chi connectivity index (χ0v) is 12.7. The minimum absolute atomic E-state index is 0.0164. The van der Waals surface area contributed by atoms with E-state index >= 15 is 0 Å². The van der Waals surface area contributed by atoms with Crippen molar-refractivity contribution < 1.29 is 14.6 Å². The highest BCUT2D eigenvalue weighted by Crippen LogP contribution is 2.29. The Labute approximate surface area is 129 Å². The van der Waals surface area contributed by atoms with E-state index in [2.05, 4.69) is 10.3 Å². The zero-order valence-electron chi connectivity index (χ0n) is 10.5. The van der Waals surface area contributed by atoms with E-state index in [-0.39, 0.29) is 11.6 Å². The van der Waals surface area contributed by atoms with Crippen molar-refractivity contribution in [2.75, 3.05) is 0 Å². The van der Waals surface area contributed by atoms with Crippen LogP contribution in [0.5, 0.6) is 11.6 Å². The minimum atomic E-state index is -1.11. The van der Waals surface area contributed by atoms with Gasteiger partial charge in [0.25, 0.3) is 5.88 Å². The topological polar surface area (TPSA) is 77.2 Å². The Morgan fingerprint density at radius 2 is 2.05 bits per heavy atom. The summed E-state index contributed by atoms with van der Waals surface area (Å²) in [6, 6.07) is 5.85. The van der Waals surface area contributed by atoms with Gasteiger partial charge in [0.05, 0.1) is 22.9 Å². The van der Waals surface area contributed by atoms with Crippen LogP contribution in [0.3, 0.4) is 0 Å². The Hall–Kier alpha value is -1.64. The highest BCUT2D eigenvalue weighted by atomic mass is 127. The lowest BCUT2D eigenvalue weighted by molar-refractivity contribution is 0.0687. The molecule has 1 N–H and O–H groups in total. The summed E-state index contributed by atoms with van der Waals surface area (Å²) < 4.78 is 6.74. The summed E-state index contributed by atoms with van der Waals surface area (Å²) in [4.78, 5) is 11.1. The van der Waals surface area contributed by atoms with E-state index in [0.717, 1.165) is 15.7 Å². The molecule has 2 aromatic rings. The molecule has 1 aromatic carbocycles. The van der Waals surface area contributed by atoms with E-state index in [1.165, 1.54) is 24.0 Å². The Bertz CT molecular complexity index is 669. The van der Waals surface area contributed by atoms with Gasteiger partial charge in [-0.3, -0.25) is 0 Å². The molecule has 0 unspecified atom stereocenters. The van der Waals surface area contributed by atoms with Gasteiger partial charge >= 0.3 is 5.97 Å². The third-order valence-electron chi connectivity index (χ3n) is 3.34. The molecule has 0 bridgehead atoms. The second kappa shape index (κ2) is 5.39. The average molecular weight is 385 g/mol. The van der Waals surface area contributed by atoms with E-state index in [1.807, 2.05) is 18.2 Å². The third-order valence-corrected chi connectivity index (χ3v) is 4.01. The monoisotopic (exact) mass is 385 g/mol. The normalized spacial score (nSPS) is 13.8. The number of fused-ring (bicyclic) bond motifs is 1. The molecule has 0 aliphatic heterocycles. The highest BCUT2D eigenvalue weighted by molar-refractivity contribution is 14.1. The number of carboxylic acid groups (broad SMARTS) is 1. The molecule has 6 nitrogen and oxygen atoms in total. The summed E-state index contributed by atoms with van der Waals surface area (Å²) in [5.41, 5.74) is 2.55. The standard InChI is InChI=1S/C13H12IN3O3/c14-17-11(13(18)19)12(15-16-17)20-10-6-5-8-3-1-2-4-9(8)7-10/h5-7H,1-4H2,(H,18,19). The van der Waals surface area contributed by atoms with Crippen LogP contribution in [0.1, 0.15) is 34.5 Å². The van der Waals surface area contributed by atoms with Gasteiger partial charge in [-0.1, -0.05) is 16.4 Å². The van der Waals surface area contributed by atoms with Gasteiger partial charge in [-0.2, -0.15) is 2.90 Å². The van der Waals surface area contributed by atoms with E-state index in [4.69, 9.17) is 9.84 Å². The van der Waals surface area contributed by atoms with Gasteiger partial charge < -0.3 is 9.84 Å². The SMILES string of the molecule is O=C(O)c1c(Oc2ccc3c(c2)CCCC3)nnn1I. The summed E-state index contributed by atoms with van der Waals surface area (Å²) in [5, 5.41) is 16.5. The lowest BCUT2D eigenvalue weighted by Gasteiger charge is -2.16. The number of ether oxygens (including phenoxy) is 1. The van der Waals surface area contributed by atoms with Crippen molar-refractivity contribution in [2.24, 2.45) is 0 Å². The Morgan fingerprint density at radius 1 is 1.30 bits per heavy atom. The molecule has 0 saturated heterocycles. The summed E-state index contributed by atoms with van der Waals surface area (Å²) in [5.74, 6) is -0.495. The van der Waals surface area contributed by atoms with Crippen molar-refractivity contribution >= 4 is 28.8 Å². The number of hydrogen-bond donors (Lipinski definition) is 1. The molecule has 0 saturated carbocycles. The van der Waals surface area contributed by atoms with E-state index in [9.17, 15) is 4.79 Å². The molecule has 0 fully saturated rings. The molecule has 1 aliphatic carbocycles. The molecule has 0 amide bonds. The second-order valence-electron chi connectivity index (χ2n) is 4.65. The van der Waals surface area contributed by atoms with Crippen LogP contribution in [-0.2, 0) is 12.8 Å². The van der Waals surface area contributed by atoms with Gasteiger partial charge in [0, 0.05) is 0 Å². The molecule has 0 spiro atoms. The summed E-state index contributed by atoms with van der Waals surface area (Å²) >= 11 is 1.76. The van der Waals surface area contributed by atoms with Crippen LogP contribution in [0.25, 0.3) is 0 Å². The van der Waals surface area contributed by atoms with Crippen molar-refractivity contribution in [1.82, 2.24) is 13.2 Å². The minimum Gasteiger partial charge on any atom is -0.476 e. The van der Waals surface area contributed by atoms with Gasteiger partial charge in [0.15, 0.2) is 0 Å². The zero-order chi connectivity index (χ0) is 14.1. The Morgan fingerprint density at radius 3 is 2.80 bits per heavy atom. The van der Waals surface area contributed by atoms with Gasteiger partial charge in [-0.05, 0) is 48.9 Å². The molecule has 0 radical (unpaired) electrons. The van der Waals surface area contributed by atoms with Gasteiger partial charge in [0.2, 0.25) is 5.69 Å². The number of aromatic carboxylic acids is 1. The number of carboxylic acids is 1. The van der Waals surface area contributed by atoms with Crippen LogP contribution in [0.15, 0.2) is 18.2 Å². The molecule has 3 rings (SSSR count). The number of benzene rings is 1. The maximum absolute atomic E-state index is 11.1. The van der Waals surface area contributed by atoms with Gasteiger partial charge in [-0.15, -0.1) is 0 Å². The number of carbonyl (C=O) groups is 1. The number of hydrogen-bond acceptors (Lipinski definition) is 4. The van der Waals surface area contributed by atoms with Crippen molar-refractivity contribution in [3.8, 4) is 11.6 Å². The predicted octanol–water partition coefficient (Wildman–Crippen LogP) is 2.85. The maximum atomic E-state index is 11.1. The van der Waals surface area contributed by atoms with Crippen LogP contribution in [-0.4, -0.2) is 24.3 Å². The van der Waals surface area contributed by atoms with Crippen molar-refractivity contribution in [3.63, 3.8) is 0 Å². The maximum Gasteiger partial charge on any atom is 0.360 e. The fourth-order valence-corrected chi connectivity index (χ4v) is 2.88. The van der Waals surface area contributed by atoms with E-state index in [0.29, 0.717) is 5.75 Å². The number of rotatable bonds is 3. The van der Waals surface area contributed by atoms with E-state index in [1.54, 1.807) is 22.9 Å². The Kier molecular flexibility index (Phi) is 3.60. The lowest BCUT2D eigenvalue weighted by atomic mass is 9.92. The first-order chi connectivity index (χ1) is 9.65. The van der Waals surface area contributed by atoms with Crippen molar-refractivity contribution in [1.29, 1.82) is 0 Å². The second-order valence-corrected chi connectivity index (χ2v) is 5.56. The average Bonchev–Trinajstić information content (AvgIpc) is 2.79. The molecule has 1 aliphatic rings. The Balaban J connectivity index is 1.90. The van der Waals surface area contributed by atoms with E-state index < -0.39 is 5.97 Å². The van der Waals surface area contributed by atoms with Crippen LogP contribution in [0, 0.1) is 0 Å². The molecule has 104 valence electrons. The fraction of sp³-hybridized carbons (Fsp3) is 0.308. The fourth-order valence-electron chi connectivity index (χ4n) is 2.37. The molecular weight excluding hydrogens is 373 g/mol. The molecule has 1 aromatic heterocycles. The quantitative estimate of drug-likeness (QED) is 0.823. The predicted molar refractivity (Wildman–Crippen MR) is 79.6 cm³/mol. The number of nitrogens with zero attached hydrogens (tertiary/aromatic N) is 3. The first-order valence-corrected chi connectivity index (χ1v) is 7.26. The van der Waals surface area contributed by atoms with Crippen LogP contribution in [0.2, 0.25) is 0 Å². The van der Waals surface area contributed by atoms with Crippen LogP contribution >= 0.6 is 22.9 Å². The van der Waals surface area contributed by atoms with Crippen LogP contribution < -0.4 is 4.74 Å². The largest absolute Gasteiger partial charge is 0.476 e. The summed E-state index contributed by atoms with van der Waals surface area (Å²) in [6.07, 6.45) is 4.54. The third kappa shape index (κ3) is 2.49. The highest BCUT2D eigenvalue weighted by Gasteiger charge is 2.21. The smallest absolute Gasteiger partial charge is 0.360 e. The van der Waals surface area contributed by atoms with Crippen molar-refractivity contribution in [2.45, 2.75) is 25.7 Å². The molecule has 20 heavy (non-hydrogen) atoms. The van der Waals surface area contributed by atoms with Crippen LogP contribution in [0.4, 0.5) is 0 Å². The first kappa shape index (κ1) is 13.3. The van der Waals surface area contributed by atoms with Gasteiger partial charge in [0.1, 0.15) is 5.75 Å².